The summed E-state index contributed by atoms with van der Waals surface area (Å²) in [5, 5.41) is 8.02. The van der Waals surface area contributed by atoms with Crippen LogP contribution < -0.4 is 0 Å². The maximum absolute atomic E-state index is 2.44. The van der Waals surface area contributed by atoms with Crippen molar-refractivity contribution in [1.82, 2.24) is 0 Å². The van der Waals surface area contributed by atoms with Gasteiger partial charge in [0.05, 0.1) is 5.41 Å². The van der Waals surface area contributed by atoms with Crippen LogP contribution in [0.15, 0.2) is 158 Å². The van der Waals surface area contributed by atoms with Gasteiger partial charge in [-0.3, -0.25) is 0 Å². The Morgan fingerprint density at radius 3 is 1.70 bits per heavy atom. The third-order valence-electron chi connectivity index (χ3n) is 10.7. The van der Waals surface area contributed by atoms with E-state index >= 15 is 0 Å². The number of thiophene rings is 1. The van der Waals surface area contributed by atoms with Gasteiger partial charge in [-0.1, -0.05) is 140 Å². The summed E-state index contributed by atoms with van der Waals surface area (Å²) in [6.07, 6.45) is 0. The molecule has 0 fully saturated rings. The first kappa shape index (κ1) is 24.8. The van der Waals surface area contributed by atoms with Gasteiger partial charge in [-0.25, -0.2) is 0 Å². The normalized spacial score (nSPS) is 13.8. The molecule has 8 aromatic carbocycles. The second-order valence-electron chi connectivity index (χ2n) is 12.7. The van der Waals surface area contributed by atoms with Crippen LogP contribution in [0, 0.1) is 0 Å². The second kappa shape index (κ2) is 8.81. The molecule has 0 amide bonds. The van der Waals surface area contributed by atoms with E-state index in [1.165, 1.54) is 97.4 Å². The minimum atomic E-state index is -0.374. The highest BCUT2D eigenvalue weighted by atomic mass is 32.1. The van der Waals surface area contributed by atoms with E-state index in [9.17, 15) is 0 Å². The van der Waals surface area contributed by atoms with Crippen molar-refractivity contribution in [3.8, 4) is 33.4 Å². The molecule has 2 aliphatic carbocycles. The topological polar surface area (TPSA) is 0 Å². The van der Waals surface area contributed by atoms with Gasteiger partial charge >= 0.3 is 0 Å². The number of fused-ring (bicyclic) bond motifs is 14. The fourth-order valence-electron chi connectivity index (χ4n) is 8.92. The molecular formula is C45H26S. The molecule has 0 saturated carbocycles. The van der Waals surface area contributed by atoms with Crippen LogP contribution in [0.25, 0.3) is 75.1 Å². The molecule has 0 atom stereocenters. The summed E-state index contributed by atoms with van der Waals surface area (Å²) in [5.74, 6) is 0. The molecule has 9 aromatic rings. The van der Waals surface area contributed by atoms with Gasteiger partial charge in [-0.15, -0.1) is 11.3 Å². The molecule has 0 aliphatic heterocycles. The first-order chi connectivity index (χ1) is 22.8. The number of hydrogen-bond acceptors (Lipinski definition) is 1. The van der Waals surface area contributed by atoms with Gasteiger partial charge in [0.1, 0.15) is 0 Å². The average molecular weight is 599 g/mol. The monoisotopic (exact) mass is 598 g/mol. The molecular weight excluding hydrogens is 573 g/mol. The number of hydrogen-bond donors (Lipinski definition) is 0. The van der Waals surface area contributed by atoms with Gasteiger partial charge in [-0.05, 0) is 95.4 Å². The predicted octanol–water partition coefficient (Wildman–Crippen LogP) is 12.4. The van der Waals surface area contributed by atoms with Crippen LogP contribution in [0.4, 0.5) is 0 Å². The van der Waals surface area contributed by atoms with Crippen molar-refractivity contribution in [2.24, 2.45) is 0 Å². The largest absolute Gasteiger partial charge is 0.135 e. The molecule has 1 heteroatoms. The first-order valence-corrected chi connectivity index (χ1v) is 16.8. The molecule has 0 saturated heterocycles. The van der Waals surface area contributed by atoms with E-state index in [1.54, 1.807) is 0 Å². The Morgan fingerprint density at radius 1 is 0.348 bits per heavy atom. The Kier molecular flexibility index (Phi) is 4.75. The van der Waals surface area contributed by atoms with E-state index in [0.717, 1.165) is 0 Å². The Hall–Kier alpha value is -5.50. The summed E-state index contributed by atoms with van der Waals surface area (Å²) in [4.78, 5) is 0. The molecule has 1 spiro atoms. The van der Waals surface area contributed by atoms with E-state index in [0.29, 0.717) is 0 Å². The van der Waals surface area contributed by atoms with Crippen molar-refractivity contribution in [1.29, 1.82) is 0 Å². The molecule has 46 heavy (non-hydrogen) atoms. The first-order valence-electron chi connectivity index (χ1n) is 16.0. The van der Waals surface area contributed by atoms with Crippen molar-refractivity contribution < 1.29 is 0 Å². The Labute approximate surface area is 270 Å². The highest BCUT2D eigenvalue weighted by molar-refractivity contribution is 7.26. The van der Waals surface area contributed by atoms with Gasteiger partial charge in [-0.2, -0.15) is 0 Å². The molecule has 1 heterocycles. The third-order valence-corrected chi connectivity index (χ3v) is 11.8. The summed E-state index contributed by atoms with van der Waals surface area (Å²) < 4.78 is 2.68. The molecule has 212 valence electrons. The van der Waals surface area contributed by atoms with Crippen molar-refractivity contribution >= 4 is 53.1 Å². The maximum atomic E-state index is 2.44. The lowest BCUT2D eigenvalue weighted by atomic mass is 9.61. The lowest BCUT2D eigenvalue weighted by Gasteiger charge is -2.40. The standard InChI is InChI=1S/C45H26S/c1-2-11-30-27(10-1)20-25-42-44(30)36-26-28(21-24-41(36)46-42)29-22-23-35-33-14-5-8-18-39(33)45(40-19-9-15-34(29)43(35)40)37-16-6-3-12-31(37)32-13-4-7-17-38(32)45/h1-26H. The third kappa shape index (κ3) is 2.95. The summed E-state index contributed by atoms with van der Waals surface area (Å²) in [6.45, 7) is 0. The van der Waals surface area contributed by atoms with Crippen molar-refractivity contribution in [2.75, 3.05) is 0 Å². The zero-order valence-electron chi connectivity index (χ0n) is 24.9. The van der Waals surface area contributed by atoms with Crippen LogP contribution in [0.2, 0.25) is 0 Å². The van der Waals surface area contributed by atoms with Crippen molar-refractivity contribution in [2.45, 2.75) is 5.41 Å². The zero-order chi connectivity index (χ0) is 30.0. The van der Waals surface area contributed by atoms with Gasteiger partial charge in [0.2, 0.25) is 0 Å². The summed E-state index contributed by atoms with van der Waals surface area (Å²) >= 11 is 1.89. The smallest absolute Gasteiger partial charge is 0.0725 e. The molecule has 0 nitrogen and oxygen atoms in total. The van der Waals surface area contributed by atoms with Crippen LogP contribution in [-0.2, 0) is 5.41 Å². The minimum Gasteiger partial charge on any atom is -0.135 e. The average Bonchev–Trinajstić information content (AvgIpc) is 3.64. The second-order valence-corrected chi connectivity index (χ2v) is 13.8. The van der Waals surface area contributed by atoms with Crippen LogP contribution >= 0.6 is 11.3 Å². The molecule has 1 aromatic heterocycles. The van der Waals surface area contributed by atoms with Crippen molar-refractivity contribution in [3.63, 3.8) is 0 Å². The fraction of sp³-hybridized carbons (Fsp3) is 0.0222. The van der Waals surface area contributed by atoms with Crippen LogP contribution in [0.5, 0.6) is 0 Å². The number of rotatable bonds is 1. The fourth-order valence-corrected chi connectivity index (χ4v) is 10.0. The highest BCUT2D eigenvalue weighted by Gasteiger charge is 2.49. The summed E-state index contributed by atoms with van der Waals surface area (Å²) in [5.41, 5.74) is 13.0. The van der Waals surface area contributed by atoms with E-state index in [-0.39, 0.29) is 5.41 Å². The molecule has 0 radical (unpaired) electrons. The quantitative estimate of drug-likeness (QED) is 0.176. The molecule has 0 unspecified atom stereocenters. The zero-order valence-corrected chi connectivity index (χ0v) is 25.7. The molecule has 0 N–H and O–H groups in total. The highest BCUT2D eigenvalue weighted by Crippen LogP contribution is 2.62. The minimum absolute atomic E-state index is 0.374. The summed E-state index contributed by atoms with van der Waals surface area (Å²) in [6, 6.07) is 59.5. The van der Waals surface area contributed by atoms with Gasteiger partial charge in [0.15, 0.2) is 0 Å². The van der Waals surface area contributed by atoms with E-state index in [1.807, 2.05) is 11.3 Å². The van der Waals surface area contributed by atoms with Crippen molar-refractivity contribution in [3.05, 3.63) is 180 Å². The SMILES string of the molecule is c1ccc2c(c1)-c1ccccc1C21c2ccccc2-c2ccc(-c3ccc4sc5ccc6ccccc6c5c4c3)c3cccc1c23. The lowest BCUT2D eigenvalue weighted by molar-refractivity contribution is 0.773. The predicted molar refractivity (Wildman–Crippen MR) is 196 cm³/mol. The molecule has 11 rings (SSSR count). The van der Waals surface area contributed by atoms with E-state index in [4.69, 9.17) is 0 Å². The summed E-state index contributed by atoms with van der Waals surface area (Å²) in [7, 11) is 0. The van der Waals surface area contributed by atoms with Crippen LogP contribution in [0.1, 0.15) is 22.3 Å². The lowest BCUT2D eigenvalue weighted by Crippen LogP contribution is -2.31. The Balaban J connectivity index is 1.25. The van der Waals surface area contributed by atoms with Gasteiger partial charge < -0.3 is 0 Å². The van der Waals surface area contributed by atoms with Gasteiger partial charge in [0, 0.05) is 20.2 Å². The van der Waals surface area contributed by atoms with Crippen LogP contribution in [0.3, 0.4) is 0 Å². The number of benzene rings is 8. The van der Waals surface area contributed by atoms with Gasteiger partial charge in [0.25, 0.3) is 0 Å². The molecule has 2 aliphatic rings. The Bertz CT molecular complexity index is 2710. The van der Waals surface area contributed by atoms with E-state index < -0.39 is 0 Å². The maximum Gasteiger partial charge on any atom is 0.0725 e. The van der Waals surface area contributed by atoms with Crippen LogP contribution in [-0.4, -0.2) is 0 Å². The van der Waals surface area contributed by atoms with E-state index in [2.05, 4.69) is 158 Å². The molecule has 0 bridgehead atoms. The Morgan fingerprint density at radius 2 is 0.935 bits per heavy atom.